The Hall–Kier alpha value is -1.00. The van der Waals surface area contributed by atoms with Gasteiger partial charge in [0.2, 0.25) is 0 Å². The fraction of sp³-hybridized carbons (Fsp3) is 0.533. The van der Waals surface area contributed by atoms with E-state index in [2.05, 4.69) is 54.4 Å². The molecule has 0 aliphatic heterocycles. The molecule has 0 bridgehead atoms. The zero-order chi connectivity index (χ0) is 13.7. The molecular weight excluding hydrogens is 254 g/mol. The molecule has 3 nitrogen and oxygen atoms in total. The first-order valence-corrected chi connectivity index (χ1v) is 8.28. The molecule has 0 spiro atoms. The molecule has 0 saturated heterocycles. The number of benzene rings is 1. The van der Waals surface area contributed by atoms with E-state index in [4.69, 9.17) is 4.98 Å². The van der Waals surface area contributed by atoms with Crippen LogP contribution in [0.15, 0.2) is 24.3 Å². The van der Waals surface area contributed by atoms with Crippen LogP contribution in [0.3, 0.4) is 0 Å². The lowest BCUT2D eigenvalue weighted by Gasteiger charge is -2.17. The predicted molar refractivity (Wildman–Crippen MR) is 84.9 cm³/mol. The first-order chi connectivity index (χ1) is 9.26. The van der Waals surface area contributed by atoms with Gasteiger partial charge in [0.15, 0.2) is 0 Å². The van der Waals surface area contributed by atoms with Crippen LogP contribution in [0.1, 0.15) is 19.2 Å². The van der Waals surface area contributed by atoms with E-state index >= 15 is 0 Å². The number of hydrogen-bond acceptors (Lipinski definition) is 3. The van der Waals surface area contributed by atoms with Crippen LogP contribution in [0.25, 0.3) is 11.0 Å². The van der Waals surface area contributed by atoms with Gasteiger partial charge in [0, 0.05) is 19.5 Å². The topological polar surface area (TPSA) is 29.9 Å². The first kappa shape index (κ1) is 14.4. The highest BCUT2D eigenvalue weighted by atomic mass is 32.2. The van der Waals surface area contributed by atoms with Crippen molar-refractivity contribution in [2.45, 2.75) is 25.8 Å². The lowest BCUT2D eigenvalue weighted by Crippen LogP contribution is -2.32. The summed E-state index contributed by atoms with van der Waals surface area (Å²) in [5.74, 6) is 2.37. The van der Waals surface area contributed by atoms with Gasteiger partial charge in [-0.2, -0.15) is 11.8 Å². The number of rotatable bonds is 7. The maximum atomic E-state index is 4.76. The van der Waals surface area contributed by atoms with Crippen molar-refractivity contribution in [3.63, 3.8) is 0 Å². The van der Waals surface area contributed by atoms with E-state index in [1.165, 1.54) is 23.5 Å². The van der Waals surface area contributed by atoms with Gasteiger partial charge in [0.25, 0.3) is 0 Å². The number of nitrogens with zero attached hydrogens (tertiary/aromatic N) is 2. The van der Waals surface area contributed by atoms with Crippen LogP contribution in [0.4, 0.5) is 0 Å². The second-order valence-corrected chi connectivity index (χ2v) is 5.80. The Morgan fingerprint density at radius 2 is 2.16 bits per heavy atom. The van der Waals surface area contributed by atoms with Gasteiger partial charge in [-0.3, -0.25) is 0 Å². The van der Waals surface area contributed by atoms with Gasteiger partial charge in [-0.15, -0.1) is 0 Å². The third-order valence-electron chi connectivity index (χ3n) is 3.47. The lowest BCUT2D eigenvalue weighted by atomic mass is 10.1. The van der Waals surface area contributed by atoms with Gasteiger partial charge in [0.05, 0.1) is 11.0 Å². The summed E-state index contributed by atoms with van der Waals surface area (Å²) in [6, 6.07) is 8.87. The number of para-hydroxylation sites is 2. The molecule has 4 heteroatoms. The number of fused-ring (bicyclic) bond motifs is 1. The number of thioether (sulfide) groups is 1. The fourth-order valence-corrected chi connectivity index (χ4v) is 2.94. The monoisotopic (exact) mass is 277 g/mol. The number of aryl methyl sites for hydroxylation is 1. The molecule has 104 valence electrons. The quantitative estimate of drug-likeness (QED) is 0.844. The summed E-state index contributed by atoms with van der Waals surface area (Å²) >= 11 is 1.91. The zero-order valence-electron chi connectivity index (χ0n) is 12.0. The maximum Gasteiger partial charge on any atom is 0.111 e. The number of aromatic nitrogens is 2. The average Bonchev–Trinajstić information content (AvgIpc) is 2.74. The molecule has 19 heavy (non-hydrogen) atoms. The Morgan fingerprint density at radius 3 is 2.84 bits per heavy atom. The van der Waals surface area contributed by atoms with Crippen molar-refractivity contribution in [2.75, 3.05) is 18.6 Å². The minimum absolute atomic E-state index is 0.521. The summed E-state index contributed by atoms with van der Waals surface area (Å²) in [5, 5.41) is 3.57. The largest absolute Gasteiger partial charge is 0.331 e. The van der Waals surface area contributed by atoms with E-state index in [1.807, 2.05) is 11.8 Å². The second-order valence-electron chi connectivity index (χ2n) is 4.82. The molecule has 1 heterocycles. The molecule has 0 fully saturated rings. The van der Waals surface area contributed by atoms with Gasteiger partial charge in [0.1, 0.15) is 5.82 Å². The Morgan fingerprint density at radius 1 is 1.37 bits per heavy atom. The summed E-state index contributed by atoms with van der Waals surface area (Å²) < 4.78 is 2.22. The molecule has 1 aromatic heterocycles. The van der Waals surface area contributed by atoms with Crippen molar-refractivity contribution in [3.05, 3.63) is 30.1 Å². The SMILES string of the molecule is CCNC(CCSC)Cc1nc2ccccc2n1C. The molecule has 0 aliphatic rings. The first-order valence-electron chi connectivity index (χ1n) is 6.89. The van der Waals surface area contributed by atoms with Crippen molar-refractivity contribution in [2.24, 2.45) is 7.05 Å². The van der Waals surface area contributed by atoms with Crippen molar-refractivity contribution in [1.29, 1.82) is 0 Å². The molecular formula is C15H23N3S. The molecule has 1 unspecified atom stereocenters. The summed E-state index contributed by atoms with van der Waals surface area (Å²) in [6.45, 7) is 3.18. The molecule has 1 aromatic carbocycles. The highest BCUT2D eigenvalue weighted by Gasteiger charge is 2.13. The highest BCUT2D eigenvalue weighted by Crippen LogP contribution is 2.16. The number of hydrogen-bond donors (Lipinski definition) is 1. The van der Waals surface area contributed by atoms with Crippen LogP contribution >= 0.6 is 11.8 Å². The van der Waals surface area contributed by atoms with E-state index in [9.17, 15) is 0 Å². The van der Waals surface area contributed by atoms with Gasteiger partial charge >= 0.3 is 0 Å². The third kappa shape index (κ3) is 3.51. The minimum Gasteiger partial charge on any atom is -0.331 e. The van der Waals surface area contributed by atoms with E-state index in [0.29, 0.717) is 6.04 Å². The van der Waals surface area contributed by atoms with E-state index in [0.717, 1.165) is 18.5 Å². The normalized spacial score (nSPS) is 13.0. The van der Waals surface area contributed by atoms with Crippen molar-refractivity contribution in [3.8, 4) is 0 Å². The van der Waals surface area contributed by atoms with Crippen LogP contribution in [-0.2, 0) is 13.5 Å². The van der Waals surface area contributed by atoms with Gasteiger partial charge < -0.3 is 9.88 Å². The van der Waals surface area contributed by atoms with Crippen LogP contribution in [0, 0.1) is 0 Å². The van der Waals surface area contributed by atoms with Gasteiger partial charge in [-0.25, -0.2) is 4.98 Å². The molecule has 0 radical (unpaired) electrons. The van der Waals surface area contributed by atoms with Crippen molar-refractivity contribution >= 4 is 22.8 Å². The third-order valence-corrected chi connectivity index (χ3v) is 4.12. The fourth-order valence-electron chi connectivity index (χ4n) is 2.42. The molecule has 0 saturated carbocycles. The smallest absolute Gasteiger partial charge is 0.111 e. The molecule has 2 rings (SSSR count). The molecule has 0 amide bonds. The van der Waals surface area contributed by atoms with Crippen LogP contribution in [0.2, 0.25) is 0 Å². The Kier molecular flexibility index (Phi) is 5.28. The van der Waals surface area contributed by atoms with Crippen LogP contribution in [0.5, 0.6) is 0 Å². The van der Waals surface area contributed by atoms with Crippen LogP contribution in [-0.4, -0.2) is 34.1 Å². The minimum atomic E-state index is 0.521. The zero-order valence-corrected chi connectivity index (χ0v) is 12.8. The average molecular weight is 277 g/mol. The van der Waals surface area contributed by atoms with Crippen molar-refractivity contribution in [1.82, 2.24) is 14.9 Å². The predicted octanol–water partition coefficient (Wildman–Crippen LogP) is 2.85. The lowest BCUT2D eigenvalue weighted by molar-refractivity contribution is 0.498. The number of imidazole rings is 1. The number of likely N-dealkylation sites (N-methyl/N-ethyl adjacent to an activating group) is 1. The van der Waals surface area contributed by atoms with Crippen molar-refractivity contribution < 1.29 is 0 Å². The second kappa shape index (κ2) is 6.96. The van der Waals surface area contributed by atoms with E-state index in [-0.39, 0.29) is 0 Å². The Bertz CT molecular complexity index is 521. The van der Waals surface area contributed by atoms with Crippen LogP contribution < -0.4 is 5.32 Å². The maximum absolute atomic E-state index is 4.76. The van der Waals surface area contributed by atoms with E-state index in [1.54, 1.807) is 0 Å². The van der Waals surface area contributed by atoms with E-state index < -0.39 is 0 Å². The Balaban J connectivity index is 2.16. The summed E-state index contributed by atoms with van der Waals surface area (Å²) in [6.07, 6.45) is 4.36. The Labute approximate surface area is 119 Å². The molecule has 2 aromatic rings. The summed E-state index contributed by atoms with van der Waals surface area (Å²) in [4.78, 5) is 4.76. The summed E-state index contributed by atoms with van der Waals surface area (Å²) in [5.41, 5.74) is 2.32. The summed E-state index contributed by atoms with van der Waals surface area (Å²) in [7, 11) is 2.11. The molecule has 1 N–H and O–H groups in total. The molecule has 0 aliphatic carbocycles. The van der Waals surface area contributed by atoms with Gasteiger partial charge in [-0.05, 0) is 37.1 Å². The standard InChI is InChI=1S/C15H23N3S/c1-4-16-12(9-10-19-3)11-15-17-13-7-5-6-8-14(13)18(15)2/h5-8,12,16H,4,9-11H2,1-3H3. The van der Waals surface area contributed by atoms with Gasteiger partial charge in [-0.1, -0.05) is 19.1 Å². The highest BCUT2D eigenvalue weighted by molar-refractivity contribution is 7.98. The molecule has 1 atom stereocenters. The number of nitrogens with one attached hydrogen (secondary N) is 1.